The van der Waals surface area contributed by atoms with Crippen LogP contribution in [-0.2, 0) is 14.3 Å². The number of anilines is 2. The first-order valence-corrected chi connectivity index (χ1v) is 8.41. The zero-order valence-corrected chi connectivity index (χ0v) is 14.5. The van der Waals surface area contributed by atoms with Crippen molar-refractivity contribution >= 4 is 35.3 Å². The van der Waals surface area contributed by atoms with E-state index in [2.05, 4.69) is 20.3 Å². The van der Waals surface area contributed by atoms with Crippen molar-refractivity contribution in [3.8, 4) is 0 Å². The summed E-state index contributed by atoms with van der Waals surface area (Å²) in [5.41, 5.74) is 5.89. The van der Waals surface area contributed by atoms with Crippen molar-refractivity contribution < 1.29 is 18.7 Å². The van der Waals surface area contributed by atoms with E-state index in [1.807, 2.05) is 0 Å². The number of nitrogens with two attached hydrogens (primary N) is 1. The number of aromatic nitrogens is 3. The van der Waals surface area contributed by atoms with Gasteiger partial charge in [0.15, 0.2) is 5.16 Å². The van der Waals surface area contributed by atoms with E-state index in [0.717, 1.165) is 11.8 Å². The summed E-state index contributed by atoms with van der Waals surface area (Å²) in [5, 5.41) is 10.5. The molecule has 8 nitrogen and oxygen atoms in total. The van der Waals surface area contributed by atoms with Crippen molar-refractivity contribution in [2.24, 2.45) is 0 Å². The largest absolute Gasteiger partial charge is 0.468 e. The van der Waals surface area contributed by atoms with Gasteiger partial charge in [-0.15, -0.1) is 10.2 Å². The molecule has 1 atom stereocenters. The third-order valence-electron chi connectivity index (χ3n) is 3.37. The zero-order chi connectivity index (χ0) is 18.4. The number of hydrogen-bond acceptors (Lipinski definition) is 7. The summed E-state index contributed by atoms with van der Waals surface area (Å²) < 4.78 is 19.7. The van der Waals surface area contributed by atoms with Gasteiger partial charge in [-0.05, 0) is 18.6 Å². The van der Waals surface area contributed by atoms with Crippen LogP contribution < -0.4 is 11.1 Å². The van der Waals surface area contributed by atoms with Crippen LogP contribution in [0.4, 0.5) is 16.0 Å². The molecular weight excluding hydrogens is 349 g/mol. The second-order valence-electron chi connectivity index (χ2n) is 4.97. The van der Waals surface area contributed by atoms with E-state index >= 15 is 0 Å². The Morgan fingerprint density at radius 1 is 1.40 bits per heavy atom. The maximum atomic E-state index is 13.7. The minimum absolute atomic E-state index is 0.0000000805. The summed E-state index contributed by atoms with van der Waals surface area (Å²) in [4.78, 5) is 23.9. The fourth-order valence-corrected chi connectivity index (χ4v) is 2.95. The summed E-state index contributed by atoms with van der Waals surface area (Å²) in [6.45, 7) is 1.78. The van der Waals surface area contributed by atoms with E-state index in [1.165, 1.54) is 29.9 Å². The molecule has 0 radical (unpaired) electrons. The van der Waals surface area contributed by atoms with Crippen molar-refractivity contribution in [1.82, 2.24) is 14.8 Å². The maximum absolute atomic E-state index is 13.7. The Labute approximate surface area is 147 Å². The topological polar surface area (TPSA) is 112 Å². The second kappa shape index (κ2) is 8.47. The van der Waals surface area contributed by atoms with E-state index < -0.39 is 23.7 Å². The van der Waals surface area contributed by atoms with Gasteiger partial charge in [-0.2, -0.15) is 0 Å². The molecule has 1 aromatic carbocycles. The average molecular weight is 367 g/mol. The Morgan fingerprint density at radius 3 is 2.76 bits per heavy atom. The Morgan fingerprint density at radius 2 is 2.12 bits per heavy atom. The number of amides is 1. The minimum Gasteiger partial charge on any atom is -0.468 e. The third kappa shape index (κ3) is 4.47. The van der Waals surface area contributed by atoms with Gasteiger partial charge in [0.1, 0.15) is 11.9 Å². The number of nitrogens with one attached hydrogen (secondary N) is 1. The first-order valence-electron chi connectivity index (χ1n) is 7.43. The van der Waals surface area contributed by atoms with Gasteiger partial charge in [0, 0.05) is 0 Å². The second-order valence-corrected chi connectivity index (χ2v) is 5.91. The number of para-hydroxylation sites is 1. The number of nitrogen functional groups attached to an aromatic ring is 1. The van der Waals surface area contributed by atoms with Crippen LogP contribution >= 0.6 is 11.8 Å². The van der Waals surface area contributed by atoms with Crippen molar-refractivity contribution in [2.75, 3.05) is 23.9 Å². The molecule has 1 heterocycles. The Hall–Kier alpha value is -2.62. The molecular formula is C15H18FN5O3S. The van der Waals surface area contributed by atoms with Gasteiger partial charge in [0.05, 0.1) is 18.6 Å². The quantitative estimate of drug-likeness (QED) is 0.567. The number of rotatable bonds is 7. The normalized spacial score (nSPS) is 11.8. The van der Waals surface area contributed by atoms with Crippen molar-refractivity contribution in [3.05, 3.63) is 30.1 Å². The highest BCUT2D eigenvalue weighted by Gasteiger charge is 2.26. The highest BCUT2D eigenvalue weighted by molar-refractivity contribution is 7.99. The summed E-state index contributed by atoms with van der Waals surface area (Å²) >= 11 is 1.05. The van der Waals surface area contributed by atoms with Gasteiger partial charge in [-0.1, -0.05) is 30.8 Å². The average Bonchev–Trinajstić information content (AvgIpc) is 2.96. The smallest absolute Gasteiger partial charge is 0.316 e. The molecule has 134 valence electrons. The van der Waals surface area contributed by atoms with Gasteiger partial charge in [-0.3, -0.25) is 14.2 Å². The van der Waals surface area contributed by atoms with Crippen molar-refractivity contribution in [1.29, 1.82) is 0 Å². The summed E-state index contributed by atoms with van der Waals surface area (Å²) in [6.07, 6.45) is 0.369. The lowest BCUT2D eigenvalue weighted by atomic mass is 10.2. The van der Waals surface area contributed by atoms with Crippen LogP contribution in [0.25, 0.3) is 0 Å². The number of hydrogen-bond donors (Lipinski definition) is 2. The first-order chi connectivity index (χ1) is 12.0. The number of thioether (sulfide) groups is 1. The lowest BCUT2D eigenvalue weighted by Gasteiger charge is -2.19. The van der Waals surface area contributed by atoms with E-state index in [1.54, 1.807) is 13.0 Å². The monoisotopic (exact) mass is 367 g/mol. The van der Waals surface area contributed by atoms with Crippen LogP contribution in [0, 0.1) is 5.82 Å². The fourth-order valence-electron chi connectivity index (χ4n) is 2.13. The molecule has 1 amide bonds. The number of esters is 1. The van der Waals surface area contributed by atoms with Crippen LogP contribution in [0.15, 0.2) is 29.4 Å². The Balaban J connectivity index is 2.22. The maximum Gasteiger partial charge on any atom is 0.316 e. The summed E-state index contributed by atoms with van der Waals surface area (Å²) in [6, 6.07) is 5.10. The predicted molar refractivity (Wildman–Crippen MR) is 91.5 cm³/mol. The van der Waals surface area contributed by atoms with Gasteiger partial charge in [0.25, 0.3) is 0 Å². The number of benzene rings is 1. The molecule has 0 bridgehead atoms. The van der Waals surface area contributed by atoms with Crippen LogP contribution in [-0.4, -0.2) is 39.5 Å². The van der Waals surface area contributed by atoms with Gasteiger partial charge >= 0.3 is 5.97 Å². The molecule has 25 heavy (non-hydrogen) atoms. The standard InChI is InChI=1S/C15H18FN5O3S/c1-3-11(13(23)18-10-7-5-4-6-9(10)16)21-14(17)19-20-15(21)25-8-12(22)24-2/h4-7,11H,3,8H2,1-2H3,(H2,17,19)(H,18,23). The Bertz CT molecular complexity index is 767. The van der Waals surface area contributed by atoms with Gasteiger partial charge in [-0.25, -0.2) is 4.39 Å². The van der Waals surface area contributed by atoms with E-state index in [9.17, 15) is 14.0 Å². The summed E-state index contributed by atoms with van der Waals surface area (Å²) in [7, 11) is 1.28. The molecule has 0 saturated heterocycles. The molecule has 3 N–H and O–H groups in total. The van der Waals surface area contributed by atoms with E-state index in [4.69, 9.17) is 5.73 Å². The molecule has 2 rings (SSSR count). The van der Waals surface area contributed by atoms with Crippen molar-refractivity contribution in [3.63, 3.8) is 0 Å². The summed E-state index contributed by atoms with van der Waals surface area (Å²) in [5.74, 6) is -1.41. The number of carbonyl (C=O) groups is 2. The zero-order valence-electron chi connectivity index (χ0n) is 13.7. The van der Waals surface area contributed by atoms with Crippen LogP contribution in [0.2, 0.25) is 0 Å². The highest BCUT2D eigenvalue weighted by Crippen LogP contribution is 2.26. The predicted octanol–water partition coefficient (Wildman–Crippen LogP) is 1.85. The van der Waals surface area contributed by atoms with Crippen LogP contribution in [0.5, 0.6) is 0 Å². The minimum atomic E-state index is -0.755. The number of ether oxygens (including phenoxy) is 1. The lowest BCUT2D eigenvalue weighted by Crippen LogP contribution is -2.27. The molecule has 1 unspecified atom stereocenters. The molecule has 10 heteroatoms. The number of methoxy groups -OCH3 is 1. The molecule has 0 spiro atoms. The molecule has 0 saturated carbocycles. The first kappa shape index (κ1) is 18.7. The highest BCUT2D eigenvalue weighted by atomic mass is 32.2. The fraction of sp³-hybridized carbons (Fsp3) is 0.333. The lowest BCUT2D eigenvalue weighted by molar-refractivity contribution is -0.137. The third-order valence-corrected chi connectivity index (χ3v) is 4.29. The molecule has 2 aromatic rings. The number of nitrogens with zero attached hydrogens (tertiary/aromatic N) is 3. The molecule has 0 fully saturated rings. The molecule has 0 aliphatic carbocycles. The van der Waals surface area contributed by atoms with E-state index in [-0.39, 0.29) is 17.4 Å². The SMILES string of the molecule is CCC(C(=O)Nc1ccccc1F)n1c(N)nnc1SCC(=O)OC. The molecule has 1 aromatic heterocycles. The van der Waals surface area contributed by atoms with Gasteiger partial charge < -0.3 is 15.8 Å². The molecule has 0 aliphatic heterocycles. The van der Waals surface area contributed by atoms with E-state index in [0.29, 0.717) is 11.6 Å². The van der Waals surface area contributed by atoms with Gasteiger partial charge in [0.2, 0.25) is 11.9 Å². The van der Waals surface area contributed by atoms with Crippen LogP contribution in [0.1, 0.15) is 19.4 Å². The van der Waals surface area contributed by atoms with Crippen molar-refractivity contribution in [2.45, 2.75) is 24.5 Å². The Kier molecular flexibility index (Phi) is 6.34. The number of halogens is 1. The van der Waals surface area contributed by atoms with Crippen LogP contribution in [0.3, 0.4) is 0 Å². The molecule has 0 aliphatic rings. The number of carbonyl (C=O) groups excluding carboxylic acids is 2.